The summed E-state index contributed by atoms with van der Waals surface area (Å²) < 4.78 is 19.1. The van der Waals surface area contributed by atoms with E-state index in [1.54, 1.807) is 39.0 Å². The van der Waals surface area contributed by atoms with E-state index in [-0.39, 0.29) is 23.9 Å². The molecule has 2 saturated heterocycles. The summed E-state index contributed by atoms with van der Waals surface area (Å²) >= 11 is 0. The lowest BCUT2D eigenvalue weighted by atomic mass is 10.0. The van der Waals surface area contributed by atoms with Crippen LogP contribution in [0.4, 0.5) is 23.0 Å². The van der Waals surface area contributed by atoms with E-state index in [1.807, 2.05) is 119 Å². The van der Waals surface area contributed by atoms with Gasteiger partial charge in [-0.15, -0.1) is 0 Å². The van der Waals surface area contributed by atoms with Crippen LogP contribution in [0.25, 0.3) is 66.4 Å². The number of nitrogens with zero attached hydrogens (tertiary/aromatic N) is 16. The monoisotopic (exact) mass is 1180 g/mol. The number of aryl methyl sites for hydroxylation is 4. The predicted molar refractivity (Wildman–Crippen MR) is 335 cm³/mol. The van der Waals surface area contributed by atoms with Crippen LogP contribution in [0.5, 0.6) is 11.5 Å². The average molecular weight is 1180 g/mol. The van der Waals surface area contributed by atoms with Crippen molar-refractivity contribution >= 4 is 78.7 Å². The summed E-state index contributed by atoms with van der Waals surface area (Å²) in [6.07, 6.45) is 17.4. The fraction of sp³-hybridized carbons (Fsp3) is 0.290. The minimum absolute atomic E-state index is 0.164. The number of nitrogens with one attached hydrogen (secondary N) is 4. The van der Waals surface area contributed by atoms with Gasteiger partial charge in [-0.25, -0.2) is 39.3 Å². The van der Waals surface area contributed by atoms with E-state index in [0.29, 0.717) is 79.4 Å². The number of nitrogens with two attached hydrogens (primary N) is 2. The molecule has 0 bridgehead atoms. The third-order valence-electron chi connectivity index (χ3n) is 16.7. The van der Waals surface area contributed by atoms with Gasteiger partial charge in [-0.1, -0.05) is 12.1 Å². The summed E-state index contributed by atoms with van der Waals surface area (Å²) in [5.74, 6) is 3.07. The summed E-state index contributed by atoms with van der Waals surface area (Å²) in [5, 5.41) is 19.3. The van der Waals surface area contributed by atoms with Gasteiger partial charge in [-0.05, 0) is 88.1 Å². The number of benzene rings is 2. The summed E-state index contributed by atoms with van der Waals surface area (Å²) in [6, 6.07) is 18.9. The minimum Gasteiger partial charge on any atom is -0.495 e. The van der Waals surface area contributed by atoms with Crippen LogP contribution >= 0.6 is 0 Å². The van der Waals surface area contributed by atoms with E-state index in [4.69, 9.17) is 31.1 Å². The number of pyridine rings is 2. The molecule has 2 aliphatic rings. The van der Waals surface area contributed by atoms with Gasteiger partial charge < -0.3 is 50.7 Å². The number of piperidine rings is 2. The fourth-order valence-corrected chi connectivity index (χ4v) is 12.2. The molecule has 88 heavy (non-hydrogen) atoms. The normalized spacial score (nSPS) is 14.4. The molecule has 12 aromatic rings. The number of rotatable bonds is 14. The molecule has 2 aromatic carbocycles. The first-order valence-corrected chi connectivity index (χ1v) is 29.0. The summed E-state index contributed by atoms with van der Waals surface area (Å²) in [6.45, 7) is 9.32. The van der Waals surface area contributed by atoms with Crippen molar-refractivity contribution in [3.8, 4) is 34.0 Å². The second kappa shape index (κ2) is 23.7. The van der Waals surface area contributed by atoms with Crippen LogP contribution in [-0.2, 0) is 27.2 Å². The number of likely N-dealkylation sites (tertiary alicyclic amines) is 2. The number of aromatic nitrogens is 16. The largest absolute Gasteiger partial charge is 0.495 e. The zero-order chi connectivity index (χ0) is 60.7. The zero-order valence-corrected chi connectivity index (χ0v) is 49.6. The molecule has 2 amide bonds. The van der Waals surface area contributed by atoms with Gasteiger partial charge in [0, 0.05) is 118 Å². The highest BCUT2D eigenvalue weighted by molar-refractivity contribution is 6.09. The Morgan fingerprint density at radius 3 is 1.49 bits per heavy atom. The van der Waals surface area contributed by atoms with E-state index in [9.17, 15) is 9.59 Å². The van der Waals surface area contributed by atoms with E-state index < -0.39 is 0 Å². The first kappa shape index (κ1) is 56.5. The van der Waals surface area contributed by atoms with Crippen molar-refractivity contribution in [2.45, 2.75) is 64.7 Å². The number of aromatic amines is 2. The molecule has 0 atom stereocenters. The first-order chi connectivity index (χ1) is 42.8. The maximum Gasteiger partial charge on any atom is 0.272 e. The lowest BCUT2D eigenvalue weighted by Gasteiger charge is -2.31. The van der Waals surface area contributed by atoms with Gasteiger partial charge in [-0.3, -0.25) is 29.4 Å². The Balaban J connectivity index is 0.000000162. The van der Waals surface area contributed by atoms with Crippen LogP contribution in [0.2, 0.25) is 0 Å². The number of nitrogen functional groups attached to an aromatic ring is 2. The molecule has 448 valence electrons. The maximum atomic E-state index is 13.3. The quantitative estimate of drug-likeness (QED) is 0.0597. The molecule has 26 nitrogen and oxygen atoms in total. The van der Waals surface area contributed by atoms with Gasteiger partial charge in [0.05, 0.1) is 65.7 Å². The SMILES string of the molecule is COc1cc(-c2nn(C3CCN(Cc4cnc(C)[nH]4)CC3)c3ncnc(N)c23)ccc1NC(=O)c1cc2ccncc2n1C.COc1cc(-c2nn(C3CCN(Cc4cnc(C)[nH]4)CC3)c3ncnc(N)c23)ccc1NC(=O)c1cc2cnccc2n1C. The van der Waals surface area contributed by atoms with E-state index >= 15 is 0 Å². The second-order valence-electron chi connectivity index (χ2n) is 22.3. The summed E-state index contributed by atoms with van der Waals surface area (Å²) in [7, 11) is 6.85. The number of hydrogen-bond acceptors (Lipinski definition) is 18. The Morgan fingerprint density at radius 2 is 1.03 bits per heavy atom. The molecule has 0 unspecified atom stereocenters. The Labute approximate surface area is 504 Å². The van der Waals surface area contributed by atoms with Crippen molar-refractivity contribution in [2.75, 3.05) is 62.5 Å². The Hall–Kier alpha value is -10.6. The van der Waals surface area contributed by atoms with E-state index in [1.165, 1.54) is 12.7 Å². The fourth-order valence-electron chi connectivity index (χ4n) is 12.2. The summed E-state index contributed by atoms with van der Waals surface area (Å²) in [5.41, 5.74) is 23.3. The summed E-state index contributed by atoms with van der Waals surface area (Å²) in [4.78, 5) is 72.8. The number of fused-ring (bicyclic) bond motifs is 4. The number of hydrogen-bond donors (Lipinski definition) is 6. The number of imidazole rings is 2. The van der Waals surface area contributed by atoms with Crippen molar-refractivity contribution in [1.29, 1.82) is 0 Å². The second-order valence-corrected chi connectivity index (χ2v) is 22.3. The van der Waals surface area contributed by atoms with Crippen molar-refractivity contribution < 1.29 is 19.1 Å². The highest BCUT2D eigenvalue weighted by Gasteiger charge is 2.30. The minimum atomic E-state index is -0.254. The van der Waals surface area contributed by atoms with E-state index in [0.717, 1.165) is 121 Å². The molecular weight excluding hydrogens is 1120 g/mol. The van der Waals surface area contributed by atoms with Gasteiger partial charge in [0.15, 0.2) is 11.3 Å². The smallest absolute Gasteiger partial charge is 0.272 e. The van der Waals surface area contributed by atoms with Gasteiger partial charge in [0.2, 0.25) is 0 Å². The molecular formula is C62H66N22O4. The van der Waals surface area contributed by atoms with Crippen LogP contribution in [0.15, 0.2) is 110 Å². The maximum absolute atomic E-state index is 13.3. The Bertz CT molecular complexity index is 4290. The van der Waals surface area contributed by atoms with Crippen molar-refractivity contribution in [3.05, 3.63) is 145 Å². The highest BCUT2D eigenvalue weighted by Crippen LogP contribution is 2.40. The van der Waals surface area contributed by atoms with Gasteiger partial charge in [0.1, 0.15) is 70.2 Å². The van der Waals surface area contributed by atoms with Crippen LogP contribution < -0.4 is 31.6 Å². The van der Waals surface area contributed by atoms with Gasteiger partial charge >= 0.3 is 0 Å². The number of carbonyl (C=O) groups is 2. The molecule has 8 N–H and O–H groups in total. The molecule has 12 heterocycles. The topological polar surface area (TPSA) is 315 Å². The van der Waals surface area contributed by atoms with Crippen LogP contribution in [0.3, 0.4) is 0 Å². The average Bonchev–Trinajstić information content (AvgIpc) is 2.47. The lowest BCUT2D eigenvalue weighted by Crippen LogP contribution is -2.34. The zero-order valence-electron chi connectivity index (χ0n) is 49.6. The number of amides is 2. The molecule has 0 saturated carbocycles. The third kappa shape index (κ3) is 10.9. The number of methoxy groups -OCH3 is 2. The Kier molecular flexibility index (Phi) is 15.2. The van der Waals surface area contributed by atoms with Crippen molar-refractivity contribution in [1.82, 2.24) is 88.3 Å². The van der Waals surface area contributed by atoms with E-state index in [2.05, 4.69) is 70.3 Å². The van der Waals surface area contributed by atoms with Crippen LogP contribution in [0, 0.1) is 13.8 Å². The van der Waals surface area contributed by atoms with Crippen LogP contribution in [0.1, 0.15) is 81.8 Å². The number of anilines is 4. The lowest BCUT2D eigenvalue weighted by molar-refractivity contribution is 0.101. The van der Waals surface area contributed by atoms with Crippen molar-refractivity contribution in [2.24, 2.45) is 14.1 Å². The predicted octanol–water partition coefficient (Wildman–Crippen LogP) is 8.18. The first-order valence-electron chi connectivity index (χ1n) is 29.0. The molecule has 26 heteroatoms. The number of carbonyl (C=O) groups excluding carboxylic acids is 2. The number of H-pyrrole nitrogens is 2. The van der Waals surface area contributed by atoms with Crippen LogP contribution in [-0.4, -0.2) is 141 Å². The molecule has 0 radical (unpaired) electrons. The third-order valence-corrected chi connectivity index (χ3v) is 16.7. The van der Waals surface area contributed by atoms with Crippen molar-refractivity contribution in [3.63, 3.8) is 0 Å². The van der Waals surface area contributed by atoms with Gasteiger partial charge in [0.25, 0.3) is 11.8 Å². The van der Waals surface area contributed by atoms with Gasteiger partial charge in [-0.2, -0.15) is 10.2 Å². The highest BCUT2D eigenvalue weighted by atomic mass is 16.5. The molecule has 2 aliphatic heterocycles. The Morgan fingerprint density at radius 1 is 0.568 bits per heavy atom. The molecule has 10 aromatic heterocycles. The standard InChI is InChI=1S/2C31H33N11O2/c1-18-34-14-21(37-18)16-41-10-7-22(8-11-41)42-30-27(29(32)35-17-36-30)28(39-42)20-4-5-23(26(13-20)44-3)38-31(43)24-12-19-6-9-33-15-25(19)40(24)2;1-18-34-15-21(37-18)16-41-10-7-22(8-11-41)42-30-27(29(32)35-17-36-30)28(39-42)19-4-5-23(26(13-19)44-3)38-31(43)25-12-20-14-33-9-6-24(20)40(25)2/h2*4-6,9,12-15,17,22H,7-8,10-11,16H2,1-3H3,(H,34,37)(H,38,43)(H2,32,35,36). The molecule has 0 spiro atoms. The molecule has 0 aliphatic carbocycles. The number of ether oxygens (including phenoxy) is 2. The molecule has 2 fully saturated rings. The molecule has 14 rings (SSSR count).